The Morgan fingerprint density at radius 1 is 1.42 bits per heavy atom. The van der Waals surface area contributed by atoms with E-state index in [0.717, 1.165) is 18.8 Å². The molecule has 5 nitrogen and oxygen atoms in total. The van der Waals surface area contributed by atoms with Gasteiger partial charge in [0.25, 0.3) is 0 Å². The number of urea groups is 1. The largest absolute Gasteiger partial charge is 0.481 e. The molecule has 0 spiro atoms. The highest BCUT2D eigenvalue weighted by atomic mass is 16.4. The van der Waals surface area contributed by atoms with E-state index in [0.29, 0.717) is 32.5 Å². The standard InChI is InChI=1S/C14H24N2O3/c1-2-14(12(17)18)7-3-9-16(10-14)13(19)15-8-6-11-4-5-11/h11H,2-10H2,1H3,(H,15,19)(H,17,18). The van der Waals surface area contributed by atoms with Crippen molar-refractivity contribution in [3.63, 3.8) is 0 Å². The summed E-state index contributed by atoms with van der Waals surface area (Å²) in [4.78, 5) is 25.2. The molecule has 1 heterocycles. The Labute approximate surface area is 114 Å². The van der Waals surface area contributed by atoms with Crippen molar-refractivity contribution in [2.45, 2.75) is 45.4 Å². The summed E-state index contributed by atoms with van der Waals surface area (Å²) in [5, 5.41) is 12.3. The maximum absolute atomic E-state index is 12.0. The summed E-state index contributed by atoms with van der Waals surface area (Å²) in [6, 6.07) is -0.0978. The predicted octanol–water partition coefficient (Wildman–Crippen LogP) is 2.07. The fourth-order valence-electron chi connectivity index (χ4n) is 2.82. The number of carboxylic acids is 1. The van der Waals surface area contributed by atoms with E-state index in [1.165, 1.54) is 12.8 Å². The van der Waals surface area contributed by atoms with Gasteiger partial charge < -0.3 is 15.3 Å². The molecular weight excluding hydrogens is 244 g/mol. The van der Waals surface area contributed by atoms with Crippen LogP contribution in [0.5, 0.6) is 0 Å². The highest BCUT2D eigenvalue weighted by molar-refractivity contribution is 5.78. The molecule has 1 saturated heterocycles. The molecule has 2 rings (SSSR count). The molecule has 5 heteroatoms. The van der Waals surface area contributed by atoms with Gasteiger partial charge in [-0.05, 0) is 31.6 Å². The number of nitrogens with one attached hydrogen (secondary N) is 1. The topological polar surface area (TPSA) is 69.6 Å². The van der Waals surface area contributed by atoms with Crippen LogP contribution in [0, 0.1) is 11.3 Å². The van der Waals surface area contributed by atoms with Crippen molar-refractivity contribution in [3.8, 4) is 0 Å². The summed E-state index contributed by atoms with van der Waals surface area (Å²) >= 11 is 0. The maximum atomic E-state index is 12.0. The van der Waals surface area contributed by atoms with E-state index in [-0.39, 0.29) is 6.03 Å². The molecule has 2 aliphatic rings. The quantitative estimate of drug-likeness (QED) is 0.802. The van der Waals surface area contributed by atoms with Gasteiger partial charge in [-0.1, -0.05) is 19.8 Å². The average molecular weight is 268 g/mol. The van der Waals surface area contributed by atoms with Crippen LogP contribution in [0.3, 0.4) is 0 Å². The van der Waals surface area contributed by atoms with Gasteiger partial charge in [0.05, 0.1) is 5.41 Å². The first-order valence-corrected chi connectivity index (χ1v) is 7.33. The zero-order valence-corrected chi connectivity index (χ0v) is 11.7. The number of aliphatic carboxylic acids is 1. The number of carbonyl (C=O) groups excluding carboxylic acids is 1. The van der Waals surface area contributed by atoms with Crippen LogP contribution in [-0.4, -0.2) is 41.6 Å². The third-order valence-corrected chi connectivity index (χ3v) is 4.52. The number of hydrogen-bond acceptors (Lipinski definition) is 2. The smallest absolute Gasteiger partial charge is 0.317 e. The van der Waals surface area contributed by atoms with Gasteiger partial charge in [0.1, 0.15) is 0 Å². The van der Waals surface area contributed by atoms with E-state index in [1.807, 2.05) is 6.92 Å². The average Bonchev–Trinajstić information content (AvgIpc) is 3.22. The van der Waals surface area contributed by atoms with Gasteiger partial charge in [0.15, 0.2) is 0 Å². The van der Waals surface area contributed by atoms with Gasteiger partial charge in [-0.2, -0.15) is 0 Å². The molecule has 2 N–H and O–H groups in total. The highest BCUT2D eigenvalue weighted by Gasteiger charge is 2.42. The molecule has 2 amide bonds. The van der Waals surface area contributed by atoms with E-state index in [9.17, 15) is 14.7 Å². The lowest BCUT2D eigenvalue weighted by Crippen LogP contribution is -2.52. The summed E-state index contributed by atoms with van der Waals surface area (Å²) in [5.41, 5.74) is -0.744. The van der Waals surface area contributed by atoms with E-state index in [1.54, 1.807) is 4.90 Å². The molecule has 1 unspecified atom stereocenters. The number of amides is 2. The number of hydrogen-bond donors (Lipinski definition) is 2. The summed E-state index contributed by atoms with van der Waals surface area (Å²) in [6.07, 6.45) is 5.65. The molecule has 0 radical (unpaired) electrons. The number of nitrogens with zero attached hydrogens (tertiary/aromatic N) is 1. The molecule has 0 aromatic carbocycles. The second kappa shape index (κ2) is 5.80. The van der Waals surface area contributed by atoms with Gasteiger partial charge >= 0.3 is 12.0 Å². The molecule has 1 atom stereocenters. The molecule has 1 saturated carbocycles. The van der Waals surface area contributed by atoms with E-state index in [2.05, 4.69) is 5.32 Å². The molecule has 108 valence electrons. The lowest BCUT2D eigenvalue weighted by molar-refractivity contribution is -0.152. The van der Waals surface area contributed by atoms with Crippen molar-refractivity contribution < 1.29 is 14.7 Å². The van der Waals surface area contributed by atoms with Crippen molar-refractivity contribution in [1.82, 2.24) is 10.2 Å². The highest BCUT2D eigenvalue weighted by Crippen LogP contribution is 2.34. The Balaban J connectivity index is 1.84. The lowest BCUT2D eigenvalue weighted by atomic mass is 9.78. The van der Waals surface area contributed by atoms with Gasteiger partial charge in [0.2, 0.25) is 0 Å². The van der Waals surface area contributed by atoms with Crippen LogP contribution in [0.2, 0.25) is 0 Å². The first-order valence-electron chi connectivity index (χ1n) is 7.33. The first kappa shape index (κ1) is 14.2. The Kier molecular flexibility index (Phi) is 4.32. The summed E-state index contributed by atoms with van der Waals surface area (Å²) in [6.45, 7) is 3.62. The number of piperidine rings is 1. The van der Waals surface area contributed by atoms with Gasteiger partial charge in [-0.25, -0.2) is 4.79 Å². The fraction of sp³-hybridized carbons (Fsp3) is 0.857. The van der Waals surface area contributed by atoms with E-state index in [4.69, 9.17) is 0 Å². The monoisotopic (exact) mass is 268 g/mol. The molecule has 19 heavy (non-hydrogen) atoms. The zero-order chi connectivity index (χ0) is 13.9. The Morgan fingerprint density at radius 3 is 2.74 bits per heavy atom. The number of carbonyl (C=O) groups is 2. The van der Waals surface area contributed by atoms with Crippen LogP contribution in [0.4, 0.5) is 4.79 Å². The molecular formula is C14H24N2O3. The van der Waals surface area contributed by atoms with Crippen LogP contribution in [0.1, 0.15) is 45.4 Å². The van der Waals surface area contributed by atoms with E-state index >= 15 is 0 Å². The third kappa shape index (κ3) is 3.39. The van der Waals surface area contributed by atoms with Crippen LogP contribution < -0.4 is 5.32 Å². The maximum Gasteiger partial charge on any atom is 0.317 e. The number of rotatable bonds is 5. The SMILES string of the molecule is CCC1(C(=O)O)CCCN(C(=O)NCCC2CC2)C1. The fourth-order valence-corrected chi connectivity index (χ4v) is 2.82. The first-order chi connectivity index (χ1) is 9.07. The van der Waals surface area contributed by atoms with Crippen LogP contribution in [0.25, 0.3) is 0 Å². The van der Waals surface area contributed by atoms with Gasteiger partial charge in [-0.3, -0.25) is 4.79 Å². The van der Waals surface area contributed by atoms with Gasteiger partial charge in [-0.15, -0.1) is 0 Å². The number of carboxylic acid groups (broad SMARTS) is 1. The predicted molar refractivity (Wildman–Crippen MR) is 71.9 cm³/mol. The number of likely N-dealkylation sites (tertiary alicyclic amines) is 1. The summed E-state index contributed by atoms with van der Waals surface area (Å²) < 4.78 is 0. The van der Waals surface area contributed by atoms with Crippen LogP contribution >= 0.6 is 0 Å². The molecule has 0 aromatic rings. The minimum atomic E-state index is -0.773. The van der Waals surface area contributed by atoms with Crippen molar-refractivity contribution in [2.75, 3.05) is 19.6 Å². The summed E-state index contributed by atoms with van der Waals surface area (Å²) in [5.74, 6) is 0.0286. The van der Waals surface area contributed by atoms with Crippen molar-refractivity contribution in [3.05, 3.63) is 0 Å². The molecule has 1 aliphatic heterocycles. The van der Waals surface area contributed by atoms with Crippen molar-refractivity contribution in [1.29, 1.82) is 0 Å². The third-order valence-electron chi connectivity index (χ3n) is 4.52. The lowest BCUT2D eigenvalue weighted by Gasteiger charge is -2.39. The Hall–Kier alpha value is -1.26. The van der Waals surface area contributed by atoms with Crippen molar-refractivity contribution in [2.24, 2.45) is 11.3 Å². The molecule has 1 aliphatic carbocycles. The Bertz CT molecular complexity index is 355. The van der Waals surface area contributed by atoms with Crippen molar-refractivity contribution >= 4 is 12.0 Å². The second-order valence-corrected chi connectivity index (χ2v) is 5.93. The Morgan fingerprint density at radius 2 is 2.16 bits per heavy atom. The van der Waals surface area contributed by atoms with Gasteiger partial charge in [0, 0.05) is 19.6 Å². The minimum absolute atomic E-state index is 0.0978. The minimum Gasteiger partial charge on any atom is -0.481 e. The van der Waals surface area contributed by atoms with Crippen LogP contribution in [-0.2, 0) is 4.79 Å². The molecule has 0 bridgehead atoms. The van der Waals surface area contributed by atoms with Crippen LogP contribution in [0.15, 0.2) is 0 Å². The van der Waals surface area contributed by atoms with E-state index < -0.39 is 11.4 Å². The summed E-state index contributed by atoms with van der Waals surface area (Å²) in [7, 11) is 0. The zero-order valence-electron chi connectivity index (χ0n) is 11.7. The molecule has 0 aromatic heterocycles. The molecule has 2 fully saturated rings. The normalized spacial score (nSPS) is 27.1. The second-order valence-electron chi connectivity index (χ2n) is 5.93.